The lowest BCUT2D eigenvalue weighted by atomic mass is 9.96. The van der Waals surface area contributed by atoms with Crippen molar-refractivity contribution < 1.29 is 9.59 Å². The Labute approximate surface area is 187 Å². The van der Waals surface area contributed by atoms with E-state index in [1.165, 1.54) is 10.4 Å². The molecule has 3 heterocycles. The predicted molar refractivity (Wildman–Crippen MR) is 123 cm³/mol. The molecule has 0 saturated carbocycles. The molecular weight excluding hydrogens is 408 g/mol. The average molecular weight is 437 g/mol. The van der Waals surface area contributed by atoms with E-state index in [0.29, 0.717) is 31.7 Å². The highest BCUT2D eigenvalue weighted by Gasteiger charge is 2.33. The molecule has 0 spiro atoms. The van der Waals surface area contributed by atoms with Gasteiger partial charge in [-0.2, -0.15) is 5.10 Å². The van der Waals surface area contributed by atoms with Crippen LogP contribution in [0.3, 0.4) is 0 Å². The fraction of sp³-hybridized carbons (Fsp3) is 0.375. The molecule has 0 bridgehead atoms. The van der Waals surface area contributed by atoms with E-state index in [1.807, 2.05) is 21.9 Å². The van der Waals surface area contributed by atoms with Crippen LogP contribution in [0.4, 0.5) is 0 Å². The molecule has 162 valence electrons. The molecule has 0 N–H and O–H groups in total. The van der Waals surface area contributed by atoms with Gasteiger partial charge in [-0.3, -0.25) is 14.3 Å². The van der Waals surface area contributed by atoms with Crippen molar-refractivity contribution in [1.82, 2.24) is 19.6 Å². The Bertz CT molecular complexity index is 1040. The first-order valence-corrected chi connectivity index (χ1v) is 11.6. The quantitative estimate of drug-likeness (QED) is 0.592. The van der Waals surface area contributed by atoms with Gasteiger partial charge in [-0.25, -0.2) is 0 Å². The van der Waals surface area contributed by atoms with Crippen molar-refractivity contribution in [2.24, 2.45) is 13.0 Å². The van der Waals surface area contributed by atoms with Crippen LogP contribution in [0.5, 0.6) is 0 Å². The van der Waals surface area contributed by atoms with Gasteiger partial charge in [-0.05, 0) is 41.5 Å². The van der Waals surface area contributed by atoms with Gasteiger partial charge < -0.3 is 9.80 Å². The molecule has 4 rings (SSSR count). The first-order chi connectivity index (χ1) is 15.1. The van der Waals surface area contributed by atoms with E-state index in [0.717, 1.165) is 18.5 Å². The van der Waals surface area contributed by atoms with Crippen molar-refractivity contribution in [1.29, 1.82) is 0 Å². The highest BCUT2D eigenvalue weighted by atomic mass is 32.1. The zero-order valence-corrected chi connectivity index (χ0v) is 18.8. The van der Waals surface area contributed by atoms with E-state index in [2.05, 4.69) is 41.7 Å². The second-order valence-corrected chi connectivity index (χ2v) is 8.94. The molecule has 3 aromatic rings. The summed E-state index contributed by atoms with van der Waals surface area (Å²) in [5.41, 5.74) is 2.84. The van der Waals surface area contributed by atoms with Gasteiger partial charge in [0.05, 0.1) is 5.92 Å². The topological polar surface area (TPSA) is 58.4 Å². The molecule has 0 radical (unpaired) electrons. The molecule has 1 aliphatic heterocycles. The van der Waals surface area contributed by atoms with E-state index in [1.54, 1.807) is 35.3 Å². The summed E-state index contributed by atoms with van der Waals surface area (Å²) in [5.74, 6) is -0.183. The minimum Gasteiger partial charge on any atom is -0.341 e. The van der Waals surface area contributed by atoms with Gasteiger partial charge in [0.15, 0.2) is 0 Å². The Kier molecular flexibility index (Phi) is 6.51. The smallest absolute Gasteiger partial charge is 0.272 e. The maximum Gasteiger partial charge on any atom is 0.272 e. The van der Waals surface area contributed by atoms with Crippen molar-refractivity contribution in [2.45, 2.75) is 19.8 Å². The molecule has 6 nitrogen and oxygen atoms in total. The lowest BCUT2D eigenvalue weighted by molar-refractivity contribution is -0.134. The number of hydrogen-bond acceptors (Lipinski definition) is 4. The number of hydrogen-bond donors (Lipinski definition) is 0. The summed E-state index contributed by atoms with van der Waals surface area (Å²) in [6, 6.07) is 14.3. The third-order valence-corrected chi connectivity index (χ3v) is 6.70. The minimum absolute atomic E-state index is 0.0662. The number of amides is 2. The molecule has 7 heteroatoms. The second kappa shape index (κ2) is 9.47. The van der Waals surface area contributed by atoms with E-state index < -0.39 is 0 Å². The van der Waals surface area contributed by atoms with Crippen molar-refractivity contribution in [3.8, 4) is 10.4 Å². The number of nitrogens with zero attached hydrogens (tertiary/aromatic N) is 4. The fourth-order valence-corrected chi connectivity index (χ4v) is 4.92. The van der Waals surface area contributed by atoms with Gasteiger partial charge in [-0.15, -0.1) is 11.3 Å². The third kappa shape index (κ3) is 4.71. The van der Waals surface area contributed by atoms with Crippen LogP contribution in [0.15, 0.2) is 54.0 Å². The number of rotatable bonds is 6. The van der Waals surface area contributed by atoms with Crippen molar-refractivity contribution in [2.75, 3.05) is 26.2 Å². The molecule has 1 aliphatic rings. The normalized spacial score (nSPS) is 17.1. The number of carbonyl (C=O) groups is 2. The number of benzene rings is 1. The molecular formula is C24H28N4O2S. The molecule has 2 aromatic heterocycles. The molecule has 2 amide bonds. The standard InChI is InChI=1S/C24H28N4O2S/c1-3-11-27-12-13-28(24(30)21-9-10-25-26(21)2)17-20(23(27)29)16-18-6-4-7-19(15-18)22-8-5-14-31-22/h4-10,14-15,20H,3,11-13,16-17H2,1-2H3/t20-/m1/s1. The first-order valence-electron chi connectivity index (χ1n) is 10.8. The second-order valence-electron chi connectivity index (χ2n) is 8.00. The van der Waals surface area contributed by atoms with Gasteiger partial charge in [0.25, 0.3) is 5.91 Å². The van der Waals surface area contributed by atoms with Crippen LogP contribution >= 0.6 is 11.3 Å². The fourth-order valence-electron chi connectivity index (χ4n) is 4.20. The Morgan fingerprint density at radius 2 is 2.06 bits per heavy atom. The van der Waals surface area contributed by atoms with Crippen LogP contribution in [0.2, 0.25) is 0 Å². The number of carbonyl (C=O) groups excluding carboxylic acids is 2. The highest BCUT2D eigenvalue weighted by Crippen LogP contribution is 2.27. The highest BCUT2D eigenvalue weighted by molar-refractivity contribution is 7.13. The van der Waals surface area contributed by atoms with Crippen LogP contribution in [0.25, 0.3) is 10.4 Å². The van der Waals surface area contributed by atoms with Gasteiger partial charge in [-0.1, -0.05) is 37.3 Å². The summed E-state index contributed by atoms with van der Waals surface area (Å²) < 4.78 is 1.60. The van der Waals surface area contributed by atoms with Gasteiger partial charge in [0, 0.05) is 44.3 Å². The number of aromatic nitrogens is 2. The van der Waals surface area contributed by atoms with Crippen LogP contribution in [-0.2, 0) is 18.3 Å². The predicted octanol–water partition coefficient (Wildman–Crippen LogP) is 3.70. The van der Waals surface area contributed by atoms with E-state index in [-0.39, 0.29) is 17.7 Å². The lowest BCUT2D eigenvalue weighted by Gasteiger charge is -2.24. The van der Waals surface area contributed by atoms with Crippen LogP contribution in [0, 0.1) is 5.92 Å². The Balaban J connectivity index is 1.58. The lowest BCUT2D eigenvalue weighted by Crippen LogP contribution is -2.38. The maximum absolute atomic E-state index is 13.3. The first kappa shape index (κ1) is 21.3. The van der Waals surface area contributed by atoms with Gasteiger partial charge in [0.1, 0.15) is 5.69 Å². The molecule has 1 fully saturated rings. The molecule has 31 heavy (non-hydrogen) atoms. The van der Waals surface area contributed by atoms with Crippen molar-refractivity contribution in [3.05, 3.63) is 65.3 Å². The van der Waals surface area contributed by atoms with Crippen molar-refractivity contribution in [3.63, 3.8) is 0 Å². The zero-order chi connectivity index (χ0) is 21.8. The Morgan fingerprint density at radius 1 is 1.19 bits per heavy atom. The Morgan fingerprint density at radius 3 is 2.77 bits per heavy atom. The van der Waals surface area contributed by atoms with Crippen LogP contribution < -0.4 is 0 Å². The monoisotopic (exact) mass is 436 g/mol. The zero-order valence-electron chi connectivity index (χ0n) is 18.0. The molecule has 1 atom stereocenters. The van der Waals surface area contributed by atoms with E-state index in [9.17, 15) is 9.59 Å². The van der Waals surface area contributed by atoms with Gasteiger partial charge in [0.2, 0.25) is 5.91 Å². The largest absolute Gasteiger partial charge is 0.341 e. The van der Waals surface area contributed by atoms with Crippen LogP contribution in [-0.4, -0.2) is 57.6 Å². The molecule has 0 aliphatic carbocycles. The Hall–Kier alpha value is -2.93. The molecule has 1 saturated heterocycles. The average Bonchev–Trinajstić information content (AvgIpc) is 3.43. The SMILES string of the molecule is CCCN1CCN(C(=O)c2ccnn2C)C[C@@H](Cc2cccc(-c3cccs3)c2)C1=O. The molecule has 0 unspecified atom stereocenters. The minimum atomic E-state index is -0.259. The molecule has 1 aromatic carbocycles. The van der Waals surface area contributed by atoms with E-state index >= 15 is 0 Å². The summed E-state index contributed by atoms with van der Waals surface area (Å²) >= 11 is 1.71. The number of thiophene rings is 1. The summed E-state index contributed by atoms with van der Waals surface area (Å²) in [5, 5.41) is 6.20. The van der Waals surface area contributed by atoms with Crippen molar-refractivity contribution >= 4 is 23.2 Å². The summed E-state index contributed by atoms with van der Waals surface area (Å²) in [7, 11) is 1.77. The van der Waals surface area contributed by atoms with E-state index in [4.69, 9.17) is 0 Å². The van der Waals surface area contributed by atoms with Gasteiger partial charge >= 0.3 is 0 Å². The number of aryl methyl sites for hydroxylation is 1. The summed E-state index contributed by atoms with van der Waals surface area (Å²) in [4.78, 5) is 31.5. The maximum atomic E-state index is 13.3. The summed E-state index contributed by atoms with van der Waals surface area (Å²) in [6.07, 6.45) is 3.16. The third-order valence-electron chi connectivity index (χ3n) is 5.78. The van der Waals surface area contributed by atoms with Crippen LogP contribution in [0.1, 0.15) is 29.4 Å². The summed E-state index contributed by atoms with van der Waals surface area (Å²) in [6.45, 7) is 4.34.